The molecule has 20 heavy (non-hydrogen) atoms. The third-order valence-corrected chi connectivity index (χ3v) is 2.85. The van der Waals surface area contributed by atoms with Crippen LogP contribution in [0.25, 0.3) is 0 Å². The molecule has 1 unspecified atom stereocenters. The summed E-state index contributed by atoms with van der Waals surface area (Å²) in [6.45, 7) is 0.209. The van der Waals surface area contributed by atoms with E-state index in [1.807, 2.05) is 0 Å². The van der Waals surface area contributed by atoms with Crippen LogP contribution >= 0.6 is 0 Å². The second kappa shape index (κ2) is 6.16. The molecule has 0 fully saturated rings. The molecule has 2 aromatic carbocycles. The average molecular weight is 274 g/mol. The lowest BCUT2D eigenvalue weighted by molar-refractivity contribution is 0.1000. The molecule has 0 aliphatic carbocycles. The zero-order chi connectivity index (χ0) is 14.5. The molecule has 104 valence electrons. The first-order chi connectivity index (χ1) is 9.60. The van der Waals surface area contributed by atoms with Gasteiger partial charge in [0.05, 0.1) is 0 Å². The van der Waals surface area contributed by atoms with E-state index in [9.17, 15) is 9.18 Å². The second-order valence-corrected chi connectivity index (χ2v) is 4.29. The van der Waals surface area contributed by atoms with Crippen LogP contribution in [0, 0.1) is 5.82 Å². The number of carbonyl (C=O) groups excluding carboxylic acids is 1. The Morgan fingerprint density at radius 2 is 1.90 bits per heavy atom. The summed E-state index contributed by atoms with van der Waals surface area (Å²) in [5.41, 5.74) is 11.9. The molecule has 2 aromatic rings. The number of carbonyl (C=O) groups is 1. The topological polar surface area (TPSA) is 78.3 Å². The van der Waals surface area contributed by atoms with Gasteiger partial charge in [0.1, 0.15) is 17.7 Å². The van der Waals surface area contributed by atoms with Crippen molar-refractivity contribution in [3.8, 4) is 5.75 Å². The Bertz CT molecular complexity index is 599. The number of rotatable bonds is 5. The fraction of sp³-hybridized carbons (Fsp3) is 0.133. The van der Waals surface area contributed by atoms with E-state index in [2.05, 4.69) is 0 Å². The van der Waals surface area contributed by atoms with Crippen LogP contribution in [0.15, 0.2) is 48.5 Å². The molecular weight excluding hydrogens is 259 g/mol. The van der Waals surface area contributed by atoms with Gasteiger partial charge in [-0.15, -0.1) is 0 Å². The largest absolute Gasteiger partial charge is 0.484 e. The van der Waals surface area contributed by atoms with E-state index in [1.165, 1.54) is 12.1 Å². The number of hydrogen-bond donors (Lipinski definition) is 2. The SMILES string of the molecule is NCC(Oc1ccc(C(N)=O)cc1)c1cccc(F)c1. The van der Waals surface area contributed by atoms with Gasteiger partial charge >= 0.3 is 0 Å². The van der Waals surface area contributed by atoms with Crippen LogP contribution < -0.4 is 16.2 Å². The molecule has 5 heteroatoms. The van der Waals surface area contributed by atoms with Gasteiger partial charge < -0.3 is 16.2 Å². The molecular formula is C15H15FN2O2. The van der Waals surface area contributed by atoms with Crippen LogP contribution in [-0.4, -0.2) is 12.5 Å². The minimum absolute atomic E-state index is 0.209. The van der Waals surface area contributed by atoms with E-state index in [0.717, 1.165) is 0 Å². The van der Waals surface area contributed by atoms with Gasteiger partial charge in [-0.1, -0.05) is 12.1 Å². The van der Waals surface area contributed by atoms with Crippen molar-refractivity contribution in [1.82, 2.24) is 0 Å². The Morgan fingerprint density at radius 1 is 1.20 bits per heavy atom. The number of nitrogens with two attached hydrogens (primary N) is 2. The maximum atomic E-state index is 13.2. The number of benzene rings is 2. The van der Waals surface area contributed by atoms with Gasteiger partial charge in [-0.25, -0.2) is 4.39 Å². The van der Waals surface area contributed by atoms with Gasteiger partial charge in [0.2, 0.25) is 5.91 Å². The van der Waals surface area contributed by atoms with E-state index < -0.39 is 12.0 Å². The van der Waals surface area contributed by atoms with Crippen LogP contribution in [0.4, 0.5) is 4.39 Å². The molecule has 0 aliphatic rings. The minimum atomic E-state index is -0.503. The van der Waals surface area contributed by atoms with Gasteiger partial charge in [-0.2, -0.15) is 0 Å². The summed E-state index contributed by atoms with van der Waals surface area (Å²) in [6.07, 6.45) is -0.454. The molecule has 0 heterocycles. The van der Waals surface area contributed by atoms with Gasteiger partial charge in [-0.3, -0.25) is 4.79 Å². The Hall–Kier alpha value is -2.40. The van der Waals surface area contributed by atoms with Gasteiger partial charge in [0.15, 0.2) is 0 Å². The lowest BCUT2D eigenvalue weighted by Gasteiger charge is -2.18. The summed E-state index contributed by atoms with van der Waals surface area (Å²) in [5, 5.41) is 0. The van der Waals surface area contributed by atoms with Crippen molar-refractivity contribution in [2.24, 2.45) is 11.5 Å². The highest BCUT2D eigenvalue weighted by Gasteiger charge is 2.12. The first-order valence-electron chi connectivity index (χ1n) is 6.12. The van der Waals surface area contributed by atoms with Crippen LogP contribution in [0.1, 0.15) is 22.0 Å². The first-order valence-corrected chi connectivity index (χ1v) is 6.12. The smallest absolute Gasteiger partial charge is 0.248 e. The summed E-state index contributed by atoms with van der Waals surface area (Å²) >= 11 is 0. The van der Waals surface area contributed by atoms with E-state index in [4.69, 9.17) is 16.2 Å². The van der Waals surface area contributed by atoms with Crippen molar-refractivity contribution in [2.75, 3.05) is 6.54 Å². The van der Waals surface area contributed by atoms with Crippen molar-refractivity contribution < 1.29 is 13.9 Å². The number of amides is 1. The molecule has 0 saturated carbocycles. The molecule has 1 amide bonds. The fourth-order valence-corrected chi connectivity index (χ4v) is 1.82. The molecule has 0 bridgehead atoms. The average Bonchev–Trinajstić information content (AvgIpc) is 2.45. The number of halogens is 1. The Labute approximate surface area is 116 Å². The maximum Gasteiger partial charge on any atom is 0.248 e. The Morgan fingerprint density at radius 3 is 2.45 bits per heavy atom. The maximum absolute atomic E-state index is 13.2. The highest BCUT2D eigenvalue weighted by atomic mass is 19.1. The molecule has 4 N–H and O–H groups in total. The highest BCUT2D eigenvalue weighted by molar-refractivity contribution is 5.92. The lowest BCUT2D eigenvalue weighted by atomic mass is 10.1. The van der Waals surface area contributed by atoms with E-state index in [1.54, 1.807) is 36.4 Å². The fourth-order valence-electron chi connectivity index (χ4n) is 1.82. The quantitative estimate of drug-likeness (QED) is 0.875. The van der Waals surface area contributed by atoms with Crippen molar-refractivity contribution >= 4 is 5.91 Å². The molecule has 4 nitrogen and oxygen atoms in total. The van der Waals surface area contributed by atoms with Crippen LogP contribution in [-0.2, 0) is 0 Å². The van der Waals surface area contributed by atoms with Gasteiger partial charge in [0.25, 0.3) is 0 Å². The number of primary amides is 1. The predicted octanol–water partition coefficient (Wildman–Crippen LogP) is 2.00. The highest BCUT2D eigenvalue weighted by Crippen LogP contribution is 2.22. The van der Waals surface area contributed by atoms with Gasteiger partial charge in [-0.05, 0) is 42.0 Å². The van der Waals surface area contributed by atoms with Crippen molar-refractivity contribution in [1.29, 1.82) is 0 Å². The summed E-state index contributed by atoms with van der Waals surface area (Å²) in [4.78, 5) is 11.0. The lowest BCUT2D eigenvalue weighted by Crippen LogP contribution is -2.18. The minimum Gasteiger partial charge on any atom is -0.484 e. The van der Waals surface area contributed by atoms with E-state index in [-0.39, 0.29) is 12.4 Å². The number of hydrogen-bond acceptors (Lipinski definition) is 3. The first kappa shape index (κ1) is 14.0. The van der Waals surface area contributed by atoms with Crippen molar-refractivity contribution in [3.63, 3.8) is 0 Å². The normalized spacial score (nSPS) is 11.9. The molecule has 2 rings (SSSR count). The second-order valence-electron chi connectivity index (χ2n) is 4.29. The molecule has 0 saturated heterocycles. The van der Waals surface area contributed by atoms with Crippen molar-refractivity contribution in [3.05, 3.63) is 65.5 Å². The van der Waals surface area contributed by atoms with Crippen LogP contribution in [0.5, 0.6) is 5.75 Å². The summed E-state index contributed by atoms with van der Waals surface area (Å²) in [7, 11) is 0. The molecule has 0 radical (unpaired) electrons. The Kier molecular flexibility index (Phi) is 4.32. The molecule has 0 aliphatic heterocycles. The molecule has 0 aromatic heterocycles. The summed E-state index contributed by atoms with van der Waals surface area (Å²) in [6, 6.07) is 12.5. The molecule has 1 atom stereocenters. The third kappa shape index (κ3) is 3.33. The van der Waals surface area contributed by atoms with E-state index in [0.29, 0.717) is 16.9 Å². The third-order valence-electron chi connectivity index (χ3n) is 2.85. The Balaban J connectivity index is 2.16. The number of ether oxygens (including phenoxy) is 1. The standard InChI is InChI=1S/C15H15FN2O2/c16-12-3-1-2-11(8-12)14(9-17)20-13-6-4-10(5-7-13)15(18)19/h1-8,14H,9,17H2,(H2,18,19). The molecule has 0 spiro atoms. The van der Waals surface area contributed by atoms with Crippen LogP contribution in [0.2, 0.25) is 0 Å². The monoisotopic (exact) mass is 274 g/mol. The predicted molar refractivity (Wildman–Crippen MR) is 73.8 cm³/mol. The zero-order valence-corrected chi connectivity index (χ0v) is 10.8. The zero-order valence-electron chi connectivity index (χ0n) is 10.8. The van der Waals surface area contributed by atoms with Crippen LogP contribution in [0.3, 0.4) is 0 Å². The van der Waals surface area contributed by atoms with Crippen molar-refractivity contribution in [2.45, 2.75) is 6.10 Å². The van der Waals surface area contributed by atoms with Gasteiger partial charge in [0, 0.05) is 12.1 Å². The summed E-state index contributed by atoms with van der Waals surface area (Å²) in [5.74, 6) is -0.305. The summed E-state index contributed by atoms with van der Waals surface area (Å²) < 4.78 is 18.9. The van der Waals surface area contributed by atoms with E-state index >= 15 is 0 Å².